The molecule has 1 fully saturated rings. The number of likely N-dealkylation sites (N-methyl/N-ethyl adjacent to an activating group) is 1. The van der Waals surface area contributed by atoms with Crippen molar-refractivity contribution in [3.63, 3.8) is 0 Å². The number of carbonyl (C=O) groups is 1. The van der Waals surface area contributed by atoms with Crippen molar-refractivity contribution in [2.75, 3.05) is 51.0 Å². The monoisotopic (exact) mass is 512 g/mol. The summed E-state index contributed by atoms with van der Waals surface area (Å²) in [4.78, 5) is 17.0. The van der Waals surface area contributed by atoms with Crippen molar-refractivity contribution in [1.82, 2.24) is 9.21 Å². The lowest BCUT2D eigenvalue weighted by molar-refractivity contribution is -0.116. The summed E-state index contributed by atoms with van der Waals surface area (Å²) in [5, 5.41) is 2.97. The van der Waals surface area contributed by atoms with Gasteiger partial charge in [0.05, 0.1) is 10.0 Å². The molecule has 3 rings (SSSR count). The standard InChI is InChI=1S/C23H30Cl2N4O3S/c1-27(2)19-6-5-14-29(16-19)18-11-9-17(10-12-18)26-22(30)13-15-28(3)33(31,32)21-8-4-7-20(24)23(21)25/h4,7-12,19H,5-6,13-16H2,1-3H3,(H,26,30)/t19-/m0/s1. The predicted octanol–water partition coefficient (Wildman–Crippen LogP) is 4.17. The van der Waals surface area contributed by atoms with E-state index in [9.17, 15) is 13.2 Å². The van der Waals surface area contributed by atoms with Crippen LogP contribution in [-0.4, -0.2) is 70.3 Å². The Bertz CT molecular complexity index is 1080. The molecule has 1 N–H and O–H groups in total. The van der Waals surface area contributed by atoms with Crippen molar-refractivity contribution in [2.24, 2.45) is 0 Å². The van der Waals surface area contributed by atoms with E-state index < -0.39 is 10.0 Å². The molecule has 1 saturated heterocycles. The van der Waals surface area contributed by atoms with Crippen LogP contribution in [0.3, 0.4) is 0 Å². The van der Waals surface area contributed by atoms with Gasteiger partial charge < -0.3 is 15.1 Å². The third-order valence-corrected chi connectivity index (χ3v) is 8.73. The van der Waals surface area contributed by atoms with Gasteiger partial charge in [-0.2, -0.15) is 0 Å². The number of benzene rings is 2. The summed E-state index contributed by atoms with van der Waals surface area (Å²) in [6, 6.07) is 12.7. The highest BCUT2D eigenvalue weighted by atomic mass is 35.5. The van der Waals surface area contributed by atoms with Gasteiger partial charge in [-0.05, 0) is 63.3 Å². The fraction of sp³-hybridized carbons (Fsp3) is 0.435. The van der Waals surface area contributed by atoms with Gasteiger partial charge in [0, 0.05) is 50.5 Å². The van der Waals surface area contributed by atoms with Crippen LogP contribution in [0, 0.1) is 0 Å². The fourth-order valence-electron chi connectivity index (χ4n) is 3.82. The Kier molecular flexibility index (Phi) is 8.64. The minimum atomic E-state index is -3.86. The molecule has 33 heavy (non-hydrogen) atoms. The number of rotatable bonds is 8. The molecule has 0 radical (unpaired) electrons. The van der Waals surface area contributed by atoms with Gasteiger partial charge in [-0.25, -0.2) is 12.7 Å². The molecule has 1 aliphatic heterocycles. The van der Waals surface area contributed by atoms with Crippen molar-refractivity contribution < 1.29 is 13.2 Å². The van der Waals surface area contributed by atoms with Gasteiger partial charge in [0.25, 0.3) is 0 Å². The maximum Gasteiger partial charge on any atom is 0.244 e. The first-order valence-corrected chi connectivity index (χ1v) is 13.0. The second kappa shape index (κ2) is 11.1. The highest BCUT2D eigenvalue weighted by molar-refractivity contribution is 7.89. The lowest BCUT2D eigenvalue weighted by Gasteiger charge is -2.37. The number of nitrogens with zero attached hydrogens (tertiary/aromatic N) is 3. The number of nitrogens with one attached hydrogen (secondary N) is 1. The topological polar surface area (TPSA) is 73.0 Å². The first-order valence-electron chi connectivity index (χ1n) is 10.8. The molecule has 0 unspecified atom stereocenters. The zero-order chi connectivity index (χ0) is 24.2. The Morgan fingerprint density at radius 1 is 1.12 bits per heavy atom. The largest absolute Gasteiger partial charge is 0.370 e. The van der Waals surface area contributed by atoms with Crippen molar-refractivity contribution in [1.29, 1.82) is 0 Å². The molecular formula is C23H30Cl2N4O3S. The summed E-state index contributed by atoms with van der Waals surface area (Å²) in [5.41, 5.74) is 1.80. The van der Waals surface area contributed by atoms with Gasteiger partial charge in [0.2, 0.25) is 15.9 Å². The third kappa shape index (κ3) is 6.39. The number of amides is 1. The molecule has 0 aliphatic carbocycles. The highest BCUT2D eigenvalue weighted by Gasteiger charge is 2.25. The van der Waals surface area contributed by atoms with E-state index in [0.29, 0.717) is 11.7 Å². The predicted molar refractivity (Wildman–Crippen MR) is 135 cm³/mol. The highest BCUT2D eigenvalue weighted by Crippen LogP contribution is 2.30. The Balaban J connectivity index is 1.55. The third-order valence-electron chi connectivity index (χ3n) is 5.90. The van der Waals surface area contributed by atoms with Crippen molar-refractivity contribution in [2.45, 2.75) is 30.2 Å². The average molecular weight is 513 g/mol. The summed E-state index contributed by atoms with van der Waals surface area (Å²) < 4.78 is 26.6. The van der Waals surface area contributed by atoms with Crippen molar-refractivity contribution in [3.8, 4) is 0 Å². The number of hydrogen-bond donors (Lipinski definition) is 1. The van der Waals surface area contributed by atoms with E-state index in [-0.39, 0.29) is 33.8 Å². The molecule has 0 aromatic heterocycles. The lowest BCUT2D eigenvalue weighted by atomic mass is 10.0. The molecule has 0 spiro atoms. The summed E-state index contributed by atoms with van der Waals surface area (Å²) >= 11 is 12.0. The Morgan fingerprint density at radius 3 is 2.48 bits per heavy atom. The number of hydrogen-bond acceptors (Lipinski definition) is 5. The molecular weight excluding hydrogens is 483 g/mol. The molecule has 7 nitrogen and oxygen atoms in total. The smallest absolute Gasteiger partial charge is 0.244 e. The Hall–Kier alpha value is -1.84. The van der Waals surface area contributed by atoms with E-state index in [4.69, 9.17) is 23.2 Å². The molecule has 1 heterocycles. The van der Waals surface area contributed by atoms with Crippen LogP contribution in [0.5, 0.6) is 0 Å². The van der Waals surface area contributed by atoms with Crippen LogP contribution >= 0.6 is 23.2 Å². The van der Waals surface area contributed by atoms with Crippen LogP contribution < -0.4 is 10.2 Å². The number of sulfonamides is 1. The van der Waals surface area contributed by atoms with E-state index in [1.54, 1.807) is 0 Å². The van der Waals surface area contributed by atoms with E-state index in [1.807, 2.05) is 24.3 Å². The first kappa shape index (κ1) is 25.8. The summed E-state index contributed by atoms with van der Waals surface area (Å²) in [6.07, 6.45) is 2.36. The van der Waals surface area contributed by atoms with Crippen LogP contribution in [0.25, 0.3) is 0 Å². The van der Waals surface area contributed by atoms with E-state index in [2.05, 4.69) is 29.2 Å². The number of anilines is 2. The SMILES string of the molecule is CN(C)[C@H]1CCCN(c2ccc(NC(=O)CCN(C)S(=O)(=O)c3cccc(Cl)c3Cl)cc2)C1. The minimum Gasteiger partial charge on any atom is -0.370 e. The number of piperidine rings is 1. The Morgan fingerprint density at radius 2 is 1.82 bits per heavy atom. The van der Waals surface area contributed by atoms with Crippen LogP contribution in [0.1, 0.15) is 19.3 Å². The number of halogens is 2. The first-order chi connectivity index (χ1) is 15.6. The molecule has 2 aromatic carbocycles. The van der Waals surface area contributed by atoms with E-state index >= 15 is 0 Å². The average Bonchev–Trinajstić information content (AvgIpc) is 2.79. The van der Waals surface area contributed by atoms with Gasteiger partial charge in [0.1, 0.15) is 4.90 Å². The second-order valence-corrected chi connectivity index (χ2v) is 11.2. The summed E-state index contributed by atoms with van der Waals surface area (Å²) in [7, 11) is 1.77. The molecule has 0 bridgehead atoms. The molecule has 1 amide bonds. The zero-order valence-corrected chi connectivity index (χ0v) is 21.4. The normalized spacial score (nSPS) is 16.9. The summed E-state index contributed by atoms with van der Waals surface area (Å²) in [6.45, 7) is 2.01. The minimum absolute atomic E-state index is 0.00626. The van der Waals surface area contributed by atoms with Crippen molar-refractivity contribution in [3.05, 3.63) is 52.5 Å². The van der Waals surface area contributed by atoms with Gasteiger partial charge in [-0.1, -0.05) is 29.3 Å². The maximum atomic E-state index is 12.8. The number of carbonyl (C=O) groups excluding carboxylic acids is 1. The summed E-state index contributed by atoms with van der Waals surface area (Å²) in [5.74, 6) is -0.271. The zero-order valence-electron chi connectivity index (χ0n) is 19.1. The molecule has 0 saturated carbocycles. The quantitative estimate of drug-likeness (QED) is 0.574. The van der Waals surface area contributed by atoms with E-state index in [1.165, 1.54) is 31.7 Å². The molecule has 1 aliphatic rings. The van der Waals surface area contributed by atoms with Crippen LogP contribution in [0.15, 0.2) is 47.4 Å². The van der Waals surface area contributed by atoms with Crippen molar-refractivity contribution >= 4 is 50.5 Å². The van der Waals surface area contributed by atoms with Crippen LogP contribution in [0.4, 0.5) is 11.4 Å². The second-order valence-electron chi connectivity index (χ2n) is 8.43. The lowest BCUT2D eigenvalue weighted by Crippen LogP contribution is -2.45. The van der Waals surface area contributed by atoms with E-state index in [0.717, 1.165) is 29.5 Å². The molecule has 180 valence electrons. The van der Waals surface area contributed by atoms with Gasteiger partial charge in [-0.3, -0.25) is 4.79 Å². The van der Waals surface area contributed by atoms with Gasteiger partial charge >= 0.3 is 0 Å². The molecule has 10 heteroatoms. The van der Waals surface area contributed by atoms with Crippen LogP contribution in [0.2, 0.25) is 10.0 Å². The van der Waals surface area contributed by atoms with Crippen LogP contribution in [-0.2, 0) is 14.8 Å². The van der Waals surface area contributed by atoms with Gasteiger partial charge in [-0.15, -0.1) is 0 Å². The fourth-order valence-corrected chi connectivity index (χ4v) is 5.72. The maximum absolute atomic E-state index is 12.8. The van der Waals surface area contributed by atoms with Gasteiger partial charge in [0.15, 0.2) is 0 Å². The Labute approximate surface area is 206 Å². The molecule has 1 atom stereocenters. The molecule has 2 aromatic rings.